The first kappa shape index (κ1) is 20.0. The third-order valence-electron chi connectivity index (χ3n) is 5.54. The summed E-state index contributed by atoms with van der Waals surface area (Å²) in [5.41, 5.74) is 3.44. The molecule has 4 nitrogen and oxygen atoms in total. The molecule has 1 heterocycles. The zero-order valence-corrected chi connectivity index (χ0v) is 16.6. The van der Waals surface area contributed by atoms with Gasteiger partial charge in [-0.25, -0.2) is 0 Å². The summed E-state index contributed by atoms with van der Waals surface area (Å²) < 4.78 is 0. The lowest BCUT2D eigenvalue weighted by molar-refractivity contribution is -0.132. The second kappa shape index (κ2) is 8.96. The smallest absolute Gasteiger partial charge is 0.223 e. The molecule has 0 saturated carbocycles. The molecule has 0 N–H and O–H groups in total. The number of hydrogen-bond donors (Lipinski definition) is 0. The van der Waals surface area contributed by atoms with Gasteiger partial charge in [-0.1, -0.05) is 48.0 Å². The van der Waals surface area contributed by atoms with Gasteiger partial charge in [-0.3, -0.25) is 14.4 Å². The number of likely N-dealkylation sites (tertiary alicyclic amines) is 1. The minimum Gasteiger partial charge on any atom is -0.343 e. The molecule has 0 aliphatic carbocycles. The second-order valence-corrected chi connectivity index (χ2v) is 7.63. The molecule has 0 spiro atoms. The number of carbonyl (C=O) groups is 3. The van der Waals surface area contributed by atoms with Crippen LogP contribution in [0.4, 0.5) is 0 Å². The lowest BCUT2D eigenvalue weighted by atomic mass is 9.88. The van der Waals surface area contributed by atoms with Crippen molar-refractivity contribution in [2.45, 2.75) is 39.5 Å². The second-order valence-electron chi connectivity index (χ2n) is 7.63. The van der Waals surface area contributed by atoms with E-state index in [4.69, 9.17) is 0 Å². The lowest BCUT2D eigenvalue weighted by Gasteiger charge is -2.31. The maximum Gasteiger partial charge on any atom is 0.223 e. The monoisotopic (exact) mass is 377 g/mol. The third kappa shape index (κ3) is 4.75. The van der Waals surface area contributed by atoms with E-state index in [2.05, 4.69) is 0 Å². The molecule has 28 heavy (non-hydrogen) atoms. The summed E-state index contributed by atoms with van der Waals surface area (Å²) in [6.45, 7) is 5.05. The predicted octanol–water partition coefficient (Wildman–Crippen LogP) is 4.39. The molecule has 0 bridgehead atoms. The minimum absolute atomic E-state index is 0.00395. The summed E-state index contributed by atoms with van der Waals surface area (Å²) in [6, 6.07) is 15.2. The fourth-order valence-corrected chi connectivity index (χ4v) is 3.78. The quantitative estimate of drug-likeness (QED) is 0.702. The van der Waals surface area contributed by atoms with Crippen LogP contribution in [0.1, 0.15) is 57.5 Å². The Labute approximate surface area is 166 Å². The summed E-state index contributed by atoms with van der Waals surface area (Å²) in [7, 11) is 0. The van der Waals surface area contributed by atoms with E-state index < -0.39 is 0 Å². The summed E-state index contributed by atoms with van der Waals surface area (Å²) in [4.78, 5) is 39.4. The number of hydrogen-bond acceptors (Lipinski definition) is 3. The van der Waals surface area contributed by atoms with Crippen LogP contribution in [0.2, 0.25) is 0 Å². The van der Waals surface area contributed by atoms with Crippen molar-refractivity contribution in [1.82, 2.24) is 4.90 Å². The molecule has 0 aromatic heterocycles. The molecule has 2 aromatic rings. The van der Waals surface area contributed by atoms with Crippen LogP contribution in [-0.2, 0) is 4.79 Å². The van der Waals surface area contributed by atoms with E-state index in [9.17, 15) is 14.4 Å². The van der Waals surface area contributed by atoms with Gasteiger partial charge in [-0.15, -0.1) is 0 Å². The molecule has 2 aromatic carbocycles. The molecule has 1 saturated heterocycles. The summed E-state index contributed by atoms with van der Waals surface area (Å²) in [5, 5.41) is 0. The number of nitrogens with zero attached hydrogens (tertiary/aromatic N) is 1. The van der Waals surface area contributed by atoms with Crippen LogP contribution in [0.15, 0.2) is 48.5 Å². The number of carbonyl (C=O) groups excluding carboxylic acids is 3. The Hall–Kier alpha value is -2.75. The number of amides is 1. The Bertz CT molecular complexity index is 865. The number of aryl methyl sites for hydroxylation is 2. The van der Waals surface area contributed by atoms with Crippen LogP contribution < -0.4 is 0 Å². The van der Waals surface area contributed by atoms with Gasteiger partial charge >= 0.3 is 0 Å². The average molecular weight is 377 g/mol. The molecular weight excluding hydrogens is 350 g/mol. The molecule has 146 valence electrons. The molecule has 1 amide bonds. The molecule has 1 aliphatic rings. The van der Waals surface area contributed by atoms with Crippen molar-refractivity contribution in [3.63, 3.8) is 0 Å². The summed E-state index contributed by atoms with van der Waals surface area (Å²) in [6.07, 6.45) is 1.82. The number of piperidine rings is 1. The summed E-state index contributed by atoms with van der Waals surface area (Å²) >= 11 is 0. The van der Waals surface area contributed by atoms with Crippen molar-refractivity contribution in [3.05, 3.63) is 70.8 Å². The van der Waals surface area contributed by atoms with E-state index in [1.165, 1.54) is 0 Å². The zero-order valence-electron chi connectivity index (χ0n) is 16.6. The molecule has 1 fully saturated rings. The van der Waals surface area contributed by atoms with Gasteiger partial charge in [0.25, 0.3) is 0 Å². The van der Waals surface area contributed by atoms with Crippen molar-refractivity contribution in [1.29, 1.82) is 0 Å². The van der Waals surface area contributed by atoms with Gasteiger partial charge in [0, 0.05) is 43.0 Å². The zero-order chi connectivity index (χ0) is 20.1. The third-order valence-corrected chi connectivity index (χ3v) is 5.54. The first-order chi connectivity index (χ1) is 13.5. The van der Waals surface area contributed by atoms with Gasteiger partial charge < -0.3 is 4.90 Å². The number of ketones is 2. The van der Waals surface area contributed by atoms with Gasteiger partial charge in [0.05, 0.1) is 0 Å². The maximum absolute atomic E-state index is 12.6. The van der Waals surface area contributed by atoms with Gasteiger partial charge in [0.15, 0.2) is 11.6 Å². The van der Waals surface area contributed by atoms with E-state index in [1.54, 1.807) is 4.90 Å². The van der Waals surface area contributed by atoms with Crippen molar-refractivity contribution >= 4 is 17.5 Å². The molecule has 0 unspecified atom stereocenters. The molecule has 4 heteroatoms. The fraction of sp³-hybridized carbons (Fsp3) is 0.375. The number of rotatable bonds is 6. The SMILES string of the molecule is Cc1ccc(C)c(C(=O)CCC(=O)N2CCC(C(=O)c3ccccc3)CC2)c1. The highest BCUT2D eigenvalue weighted by Gasteiger charge is 2.28. The number of Topliss-reactive ketones (excluding diaryl/α,β-unsaturated/α-hetero) is 2. The maximum atomic E-state index is 12.6. The van der Waals surface area contributed by atoms with E-state index in [-0.39, 0.29) is 36.2 Å². The van der Waals surface area contributed by atoms with E-state index in [0.717, 1.165) is 16.7 Å². The summed E-state index contributed by atoms with van der Waals surface area (Å²) in [5.74, 6) is 0.161. The first-order valence-electron chi connectivity index (χ1n) is 9.93. The Morgan fingerprint density at radius 2 is 1.61 bits per heavy atom. The van der Waals surface area contributed by atoms with Crippen LogP contribution in [0.25, 0.3) is 0 Å². The van der Waals surface area contributed by atoms with E-state index in [1.807, 2.05) is 62.4 Å². The van der Waals surface area contributed by atoms with Crippen molar-refractivity contribution in [2.75, 3.05) is 13.1 Å². The van der Waals surface area contributed by atoms with E-state index >= 15 is 0 Å². The normalized spacial score (nSPS) is 14.7. The highest BCUT2D eigenvalue weighted by atomic mass is 16.2. The number of benzene rings is 2. The highest BCUT2D eigenvalue weighted by Crippen LogP contribution is 2.23. The Morgan fingerprint density at radius 3 is 2.29 bits per heavy atom. The van der Waals surface area contributed by atoms with Gasteiger partial charge in [-0.05, 0) is 38.3 Å². The van der Waals surface area contributed by atoms with Gasteiger partial charge in [-0.2, -0.15) is 0 Å². The highest BCUT2D eigenvalue weighted by molar-refractivity contribution is 5.99. The van der Waals surface area contributed by atoms with Crippen molar-refractivity contribution in [3.8, 4) is 0 Å². The standard InChI is InChI=1S/C24H27NO3/c1-17-8-9-18(2)21(16-17)22(26)10-11-23(27)25-14-12-20(13-15-25)24(28)19-6-4-3-5-7-19/h3-9,16,20H,10-15H2,1-2H3. The Kier molecular flexibility index (Phi) is 6.40. The van der Waals surface area contributed by atoms with Gasteiger partial charge in [0.2, 0.25) is 5.91 Å². The van der Waals surface area contributed by atoms with Crippen LogP contribution in [0, 0.1) is 19.8 Å². The first-order valence-corrected chi connectivity index (χ1v) is 9.93. The lowest BCUT2D eigenvalue weighted by Crippen LogP contribution is -2.40. The minimum atomic E-state index is -0.0250. The molecule has 0 atom stereocenters. The molecule has 1 aliphatic heterocycles. The van der Waals surface area contributed by atoms with Crippen LogP contribution in [0.5, 0.6) is 0 Å². The van der Waals surface area contributed by atoms with Gasteiger partial charge in [0.1, 0.15) is 0 Å². The molecular formula is C24H27NO3. The topological polar surface area (TPSA) is 54.5 Å². The molecule has 3 rings (SSSR count). The van der Waals surface area contributed by atoms with Crippen molar-refractivity contribution < 1.29 is 14.4 Å². The van der Waals surface area contributed by atoms with Crippen LogP contribution >= 0.6 is 0 Å². The Morgan fingerprint density at radius 1 is 0.929 bits per heavy atom. The largest absolute Gasteiger partial charge is 0.343 e. The average Bonchev–Trinajstić information content (AvgIpc) is 2.73. The van der Waals surface area contributed by atoms with Crippen molar-refractivity contribution in [2.24, 2.45) is 5.92 Å². The van der Waals surface area contributed by atoms with Crippen LogP contribution in [0.3, 0.4) is 0 Å². The Balaban J connectivity index is 1.49. The fourth-order valence-electron chi connectivity index (χ4n) is 3.78. The van der Waals surface area contributed by atoms with Crippen LogP contribution in [-0.4, -0.2) is 35.5 Å². The molecule has 0 radical (unpaired) electrons. The predicted molar refractivity (Wildman–Crippen MR) is 110 cm³/mol. The van der Waals surface area contributed by atoms with E-state index in [0.29, 0.717) is 31.5 Å².